The predicted octanol–water partition coefficient (Wildman–Crippen LogP) is 1.60. The molecule has 3 aliphatic rings. The van der Waals surface area contributed by atoms with Crippen LogP contribution in [0.25, 0.3) is 0 Å². The van der Waals surface area contributed by atoms with E-state index in [1.165, 1.54) is 44.6 Å². The first-order chi connectivity index (χ1) is 9.35. The quantitative estimate of drug-likeness (QED) is 0.876. The van der Waals surface area contributed by atoms with E-state index < -0.39 is 0 Å². The Morgan fingerprint density at radius 2 is 2.26 bits per heavy atom. The molecule has 19 heavy (non-hydrogen) atoms. The van der Waals surface area contributed by atoms with Crippen LogP contribution in [0, 0.1) is 5.41 Å². The highest BCUT2D eigenvalue weighted by atomic mass is 16.7. The molecule has 102 valence electrons. The van der Waals surface area contributed by atoms with Gasteiger partial charge in [0.2, 0.25) is 6.79 Å². The second-order valence-corrected chi connectivity index (χ2v) is 6.04. The molecule has 0 aromatic heterocycles. The number of hydrogen-bond acceptors (Lipinski definition) is 4. The third-order valence-electron chi connectivity index (χ3n) is 4.72. The molecule has 1 N–H and O–H groups in total. The summed E-state index contributed by atoms with van der Waals surface area (Å²) in [6, 6.07) is 6.20. The molecular weight excluding hydrogens is 240 g/mol. The highest BCUT2D eigenvalue weighted by Gasteiger charge is 2.40. The lowest BCUT2D eigenvalue weighted by Gasteiger charge is -2.23. The van der Waals surface area contributed by atoms with E-state index >= 15 is 0 Å². The largest absolute Gasteiger partial charge is 0.454 e. The predicted molar refractivity (Wildman–Crippen MR) is 72.4 cm³/mol. The highest BCUT2D eigenvalue weighted by molar-refractivity contribution is 5.48. The van der Waals surface area contributed by atoms with Crippen LogP contribution in [-0.4, -0.2) is 37.9 Å². The summed E-state index contributed by atoms with van der Waals surface area (Å²) in [4.78, 5) is 2.56. The van der Waals surface area contributed by atoms with E-state index in [0.29, 0.717) is 12.2 Å². The van der Waals surface area contributed by atoms with E-state index in [-0.39, 0.29) is 0 Å². The zero-order valence-electron chi connectivity index (χ0n) is 11.2. The number of nitrogens with zero attached hydrogens (tertiary/aromatic N) is 1. The Hall–Kier alpha value is -1.26. The van der Waals surface area contributed by atoms with Crippen molar-refractivity contribution in [2.45, 2.75) is 19.4 Å². The maximum Gasteiger partial charge on any atom is 0.231 e. The third kappa shape index (κ3) is 1.99. The van der Waals surface area contributed by atoms with Gasteiger partial charge in [-0.2, -0.15) is 0 Å². The lowest BCUT2D eigenvalue weighted by atomic mass is 9.86. The van der Waals surface area contributed by atoms with Gasteiger partial charge in [-0.05, 0) is 37.4 Å². The molecule has 1 spiro atoms. The van der Waals surface area contributed by atoms with Gasteiger partial charge < -0.3 is 14.8 Å². The highest BCUT2D eigenvalue weighted by Crippen LogP contribution is 2.39. The molecule has 4 nitrogen and oxygen atoms in total. The van der Waals surface area contributed by atoms with Gasteiger partial charge in [0.1, 0.15) is 0 Å². The van der Waals surface area contributed by atoms with Gasteiger partial charge in [0.15, 0.2) is 11.5 Å². The molecule has 0 aliphatic carbocycles. The van der Waals surface area contributed by atoms with E-state index in [9.17, 15) is 0 Å². The van der Waals surface area contributed by atoms with E-state index in [4.69, 9.17) is 9.47 Å². The Labute approximate surface area is 113 Å². The summed E-state index contributed by atoms with van der Waals surface area (Å²) in [5, 5.41) is 3.51. The van der Waals surface area contributed by atoms with Crippen molar-refractivity contribution < 1.29 is 9.47 Å². The van der Waals surface area contributed by atoms with Gasteiger partial charge in [0, 0.05) is 25.2 Å². The molecule has 0 amide bonds. The number of likely N-dealkylation sites (tertiary alicyclic amines) is 1. The summed E-state index contributed by atoms with van der Waals surface area (Å²) in [7, 11) is 0. The van der Waals surface area contributed by atoms with Crippen molar-refractivity contribution in [2.75, 3.05) is 33.0 Å². The van der Waals surface area contributed by atoms with Crippen LogP contribution in [0.3, 0.4) is 0 Å². The first kappa shape index (κ1) is 11.6. The maximum absolute atomic E-state index is 5.60. The molecule has 0 radical (unpaired) electrons. The van der Waals surface area contributed by atoms with Crippen LogP contribution in [0.15, 0.2) is 18.2 Å². The van der Waals surface area contributed by atoms with Crippen molar-refractivity contribution in [2.24, 2.45) is 5.41 Å². The normalized spacial score (nSPS) is 29.5. The van der Waals surface area contributed by atoms with Gasteiger partial charge in [-0.1, -0.05) is 12.1 Å². The first-order valence-electron chi connectivity index (χ1n) is 7.15. The van der Waals surface area contributed by atoms with Crippen LogP contribution in [-0.2, 0) is 6.54 Å². The van der Waals surface area contributed by atoms with Crippen LogP contribution in [0.2, 0.25) is 0 Å². The van der Waals surface area contributed by atoms with Gasteiger partial charge >= 0.3 is 0 Å². The summed E-state index contributed by atoms with van der Waals surface area (Å²) >= 11 is 0. The molecule has 2 saturated heterocycles. The van der Waals surface area contributed by atoms with Crippen LogP contribution in [0.5, 0.6) is 11.5 Å². The monoisotopic (exact) mass is 260 g/mol. The zero-order chi connectivity index (χ0) is 12.7. The lowest BCUT2D eigenvalue weighted by molar-refractivity contribution is 0.172. The Kier molecular flexibility index (Phi) is 2.67. The molecule has 1 atom stereocenters. The van der Waals surface area contributed by atoms with Crippen molar-refractivity contribution in [3.8, 4) is 11.5 Å². The van der Waals surface area contributed by atoms with Crippen molar-refractivity contribution in [3.05, 3.63) is 23.8 Å². The summed E-state index contributed by atoms with van der Waals surface area (Å²) in [6.07, 6.45) is 2.66. The number of para-hydroxylation sites is 1. The average Bonchev–Trinajstić information content (AvgIpc) is 3.13. The molecular formula is C15H20N2O2. The minimum absolute atomic E-state index is 0.361. The number of ether oxygens (including phenoxy) is 2. The van der Waals surface area contributed by atoms with E-state index in [2.05, 4.69) is 22.3 Å². The zero-order valence-corrected chi connectivity index (χ0v) is 11.2. The molecule has 2 fully saturated rings. The molecule has 1 aromatic rings. The number of fused-ring (bicyclic) bond motifs is 1. The Morgan fingerprint density at radius 1 is 1.26 bits per heavy atom. The third-order valence-corrected chi connectivity index (χ3v) is 4.72. The number of benzene rings is 1. The fraction of sp³-hybridized carbons (Fsp3) is 0.600. The van der Waals surface area contributed by atoms with Crippen molar-refractivity contribution in [1.29, 1.82) is 0 Å². The van der Waals surface area contributed by atoms with Crippen LogP contribution in [0.4, 0.5) is 0 Å². The molecule has 1 unspecified atom stereocenters. The SMILES string of the molecule is c1cc(CN2CCC3(CCNC3)C2)c2c(c1)OCO2. The number of rotatable bonds is 2. The van der Waals surface area contributed by atoms with Crippen LogP contribution < -0.4 is 14.8 Å². The van der Waals surface area contributed by atoms with Crippen LogP contribution in [0.1, 0.15) is 18.4 Å². The first-order valence-corrected chi connectivity index (χ1v) is 7.15. The second-order valence-electron chi connectivity index (χ2n) is 6.04. The van der Waals surface area contributed by atoms with Crippen LogP contribution >= 0.6 is 0 Å². The topological polar surface area (TPSA) is 33.7 Å². The van der Waals surface area contributed by atoms with E-state index in [1.807, 2.05) is 6.07 Å². The van der Waals surface area contributed by atoms with Crippen molar-refractivity contribution in [3.63, 3.8) is 0 Å². The molecule has 3 heterocycles. The van der Waals surface area contributed by atoms with Gasteiger partial charge in [-0.25, -0.2) is 0 Å². The van der Waals surface area contributed by atoms with E-state index in [1.54, 1.807) is 0 Å². The van der Waals surface area contributed by atoms with Gasteiger partial charge in [0.25, 0.3) is 0 Å². The maximum atomic E-state index is 5.60. The molecule has 3 aliphatic heterocycles. The van der Waals surface area contributed by atoms with Gasteiger partial charge in [-0.15, -0.1) is 0 Å². The van der Waals surface area contributed by atoms with E-state index in [0.717, 1.165) is 18.0 Å². The summed E-state index contributed by atoms with van der Waals surface area (Å²) in [6.45, 7) is 6.13. The Bertz CT molecular complexity index is 483. The summed E-state index contributed by atoms with van der Waals surface area (Å²) < 4.78 is 11.0. The standard InChI is InChI=1S/C15H20N2O2/c1-2-12(14-13(3-1)18-11-19-14)8-17-7-5-15(10-17)4-6-16-9-15/h1-3,16H,4-11H2. The molecule has 0 bridgehead atoms. The Morgan fingerprint density at radius 3 is 3.16 bits per heavy atom. The summed E-state index contributed by atoms with van der Waals surface area (Å²) in [5.41, 5.74) is 1.80. The lowest BCUT2D eigenvalue weighted by Crippen LogP contribution is -2.29. The fourth-order valence-electron chi connectivity index (χ4n) is 3.66. The average molecular weight is 260 g/mol. The molecule has 4 rings (SSSR count). The minimum Gasteiger partial charge on any atom is -0.454 e. The number of nitrogens with one attached hydrogen (secondary N) is 1. The molecule has 0 saturated carbocycles. The molecule has 4 heteroatoms. The van der Waals surface area contributed by atoms with Crippen molar-refractivity contribution in [1.82, 2.24) is 10.2 Å². The van der Waals surface area contributed by atoms with Crippen molar-refractivity contribution >= 4 is 0 Å². The summed E-state index contributed by atoms with van der Waals surface area (Å²) in [5.74, 6) is 1.85. The fourth-order valence-corrected chi connectivity index (χ4v) is 3.66. The van der Waals surface area contributed by atoms with Gasteiger partial charge in [-0.3, -0.25) is 4.90 Å². The molecule has 1 aromatic carbocycles. The number of hydrogen-bond donors (Lipinski definition) is 1. The smallest absolute Gasteiger partial charge is 0.231 e. The minimum atomic E-state index is 0.361. The van der Waals surface area contributed by atoms with Gasteiger partial charge in [0.05, 0.1) is 0 Å². The second kappa shape index (κ2) is 4.39. The Balaban J connectivity index is 1.49.